The fourth-order valence-corrected chi connectivity index (χ4v) is 2.62. The Morgan fingerprint density at radius 3 is 2.60 bits per heavy atom. The number of nitrogens with one attached hydrogen (secondary N) is 1. The lowest BCUT2D eigenvalue weighted by Crippen LogP contribution is -2.23. The van der Waals surface area contributed by atoms with Crippen LogP contribution in [0.5, 0.6) is 0 Å². The van der Waals surface area contributed by atoms with Crippen LogP contribution in [0.15, 0.2) is 47.5 Å². The summed E-state index contributed by atoms with van der Waals surface area (Å²) in [6.45, 7) is 2.14. The highest BCUT2D eigenvalue weighted by atomic mass is 32.2. The van der Waals surface area contributed by atoms with E-state index in [4.69, 9.17) is 5.26 Å². The molecule has 20 heavy (non-hydrogen) atoms. The molecule has 0 fully saturated rings. The van der Waals surface area contributed by atoms with Gasteiger partial charge in [-0.05, 0) is 30.2 Å². The van der Waals surface area contributed by atoms with Gasteiger partial charge in [-0.25, -0.2) is 18.1 Å². The fraction of sp³-hybridized carbons (Fsp3) is 0.143. The quantitative estimate of drug-likeness (QED) is 0.928. The van der Waals surface area contributed by atoms with E-state index in [2.05, 4.69) is 9.71 Å². The topological polar surface area (TPSA) is 82.9 Å². The summed E-state index contributed by atoms with van der Waals surface area (Å²) in [6, 6.07) is 12.1. The van der Waals surface area contributed by atoms with Gasteiger partial charge in [-0.2, -0.15) is 5.26 Å². The molecule has 0 bridgehead atoms. The van der Waals surface area contributed by atoms with Gasteiger partial charge in [0.15, 0.2) is 0 Å². The van der Waals surface area contributed by atoms with Gasteiger partial charge in [0.25, 0.3) is 0 Å². The van der Waals surface area contributed by atoms with Crippen LogP contribution in [-0.4, -0.2) is 13.4 Å². The van der Waals surface area contributed by atoms with E-state index in [1.807, 2.05) is 37.3 Å². The van der Waals surface area contributed by atoms with Crippen molar-refractivity contribution in [3.8, 4) is 6.07 Å². The van der Waals surface area contributed by atoms with Crippen molar-refractivity contribution in [1.82, 2.24) is 9.71 Å². The summed E-state index contributed by atoms with van der Waals surface area (Å²) >= 11 is 0. The molecule has 1 heterocycles. The minimum atomic E-state index is -3.62. The van der Waals surface area contributed by atoms with E-state index < -0.39 is 10.0 Å². The minimum Gasteiger partial charge on any atom is -0.244 e. The normalized spacial score (nSPS) is 11.0. The molecule has 2 aromatic rings. The average molecular weight is 287 g/mol. The van der Waals surface area contributed by atoms with Gasteiger partial charge >= 0.3 is 0 Å². The third-order valence-corrected chi connectivity index (χ3v) is 4.26. The van der Waals surface area contributed by atoms with Crippen LogP contribution in [0.1, 0.15) is 16.8 Å². The summed E-state index contributed by atoms with van der Waals surface area (Å²) in [5, 5.41) is 8.64. The smallest absolute Gasteiger partial charge is 0.242 e. The molecule has 0 atom stereocenters. The van der Waals surface area contributed by atoms with Gasteiger partial charge in [0.1, 0.15) is 16.7 Å². The Hall–Kier alpha value is -2.23. The van der Waals surface area contributed by atoms with E-state index in [1.54, 1.807) is 0 Å². The maximum Gasteiger partial charge on any atom is 0.242 e. The molecule has 0 aliphatic carbocycles. The minimum absolute atomic E-state index is 0.0464. The van der Waals surface area contributed by atoms with Gasteiger partial charge in [-0.3, -0.25) is 0 Å². The second-order valence-electron chi connectivity index (χ2n) is 4.24. The summed E-state index contributed by atoms with van der Waals surface area (Å²) in [7, 11) is -3.62. The zero-order valence-corrected chi connectivity index (χ0v) is 11.7. The van der Waals surface area contributed by atoms with Crippen molar-refractivity contribution >= 4 is 10.0 Å². The molecular formula is C14H13N3O2S. The first-order valence-corrected chi connectivity index (χ1v) is 7.41. The number of nitriles is 1. The molecule has 0 aliphatic heterocycles. The molecule has 5 nitrogen and oxygen atoms in total. The van der Waals surface area contributed by atoms with Gasteiger partial charge in [0, 0.05) is 12.7 Å². The summed E-state index contributed by atoms with van der Waals surface area (Å²) in [5.74, 6) is 0. The van der Waals surface area contributed by atoms with Crippen LogP contribution in [-0.2, 0) is 16.6 Å². The third-order valence-electron chi connectivity index (χ3n) is 2.88. The molecule has 0 spiro atoms. The van der Waals surface area contributed by atoms with E-state index in [9.17, 15) is 8.42 Å². The average Bonchev–Trinajstić information content (AvgIpc) is 2.46. The molecule has 1 aromatic heterocycles. The largest absolute Gasteiger partial charge is 0.244 e. The molecule has 0 saturated heterocycles. The van der Waals surface area contributed by atoms with Gasteiger partial charge in [0.05, 0.1) is 0 Å². The zero-order valence-electron chi connectivity index (χ0n) is 10.9. The molecule has 0 amide bonds. The molecule has 1 N–H and O–H groups in total. The van der Waals surface area contributed by atoms with E-state index >= 15 is 0 Å². The summed E-state index contributed by atoms with van der Waals surface area (Å²) in [4.78, 5) is 3.80. The van der Waals surface area contributed by atoms with E-state index in [0.717, 1.165) is 11.1 Å². The SMILES string of the molecule is Cc1ccccc1CNS(=O)(=O)c1ccc(C#N)nc1. The van der Waals surface area contributed by atoms with Gasteiger partial charge in [-0.1, -0.05) is 24.3 Å². The first-order chi connectivity index (χ1) is 9.53. The van der Waals surface area contributed by atoms with Crippen LogP contribution in [0.25, 0.3) is 0 Å². The highest BCUT2D eigenvalue weighted by molar-refractivity contribution is 7.89. The summed E-state index contributed by atoms with van der Waals surface area (Å²) < 4.78 is 26.7. The number of aromatic nitrogens is 1. The zero-order chi connectivity index (χ0) is 14.6. The predicted octanol–water partition coefficient (Wildman–Crippen LogP) is 1.74. The lowest BCUT2D eigenvalue weighted by Gasteiger charge is -2.08. The molecule has 102 valence electrons. The van der Waals surface area contributed by atoms with Crippen molar-refractivity contribution in [3.63, 3.8) is 0 Å². The Bertz CT molecular complexity index is 747. The molecule has 0 unspecified atom stereocenters. The van der Waals surface area contributed by atoms with Crippen LogP contribution in [0.4, 0.5) is 0 Å². The molecule has 0 radical (unpaired) electrons. The molecule has 2 rings (SSSR count). The second kappa shape index (κ2) is 5.82. The second-order valence-corrected chi connectivity index (χ2v) is 6.01. The molecule has 0 saturated carbocycles. The number of sulfonamides is 1. The Morgan fingerprint density at radius 2 is 2.00 bits per heavy atom. The van der Waals surface area contributed by atoms with Crippen LogP contribution >= 0.6 is 0 Å². The number of nitrogens with zero attached hydrogens (tertiary/aromatic N) is 2. The van der Waals surface area contributed by atoms with Gasteiger partial charge in [-0.15, -0.1) is 0 Å². The number of hydrogen-bond acceptors (Lipinski definition) is 4. The summed E-state index contributed by atoms with van der Waals surface area (Å²) in [5.41, 5.74) is 2.12. The lowest BCUT2D eigenvalue weighted by atomic mass is 10.1. The number of hydrogen-bond donors (Lipinski definition) is 1. The van der Waals surface area contributed by atoms with Gasteiger partial charge < -0.3 is 0 Å². The lowest BCUT2D eigenvalue weighted by molar-refractivity contribution is 0.580. The van der Waals surface area contributed by atoms with Crippen LogP contribution < -0.4 is 4.72 Å². The molecular weight excluding hydrogens is 274 g/mol. The molecule has 1 aromatic carbocycles. The highest BCUT2D eigenvalue weighted by Crippen LogP contribution is 2.11. The first-order valence-electron chi connectivity index (χ1n) is 5.93. The van der Waals surface area contributed by atoms with Gasteiger partial charge in [0.2, 0.25) is 10.0 Å². The van der Waals surface area contributed by atoms with Crippen LogP contribution in [0, 0.1) is 18.3 Å². The molecule has 0 aliphatic rings. The van der Waals surface area contributed by atoms with Crippen molar-refractivity contribution in [3.05, 3.63) is 59.4 Å². The van der Waals surface area contributed by atoms with Crippen molar-refractivity contribution in [2.24, 2.45) is 0 Å². The van der Waals surface area contributed by atoms with Crippen molar-refractivity contribution in [2.45, 2.75) is 18.4 Å². The monoisotopic (exact) mass is 287 g/mol. The van der Waals surface area contributed by atoms with Crippen molar-refractivity contribution in [2.75, 3.05) is 0 Å². The molecule has 6 heteroatoms. The predicted molar refractivity (Wildman–Crippen MR) is 74.2 cm³/mol. The summed E-state index contributed by atoms with van der Waals surface area (Å²) in [6.07, 6.45) is 1.18. The Kier molecular flexibility index (Phi) is 4.13. The van der Waals surface area contributed by atoms with Crippen LogP contribution in [0.2, 0.25) is 0 Å². The Balaban J connectivity index is 2.15. The maximum absolute atomic E-state index is 12.1. The Labute approximate surface area is 118 Å². The Morgan fingerprint density at radius 1 is 1.25 bits per heavy atom. The van der Waals surface area contributed by atoms with E-state index in [-0.39, 0.29) is 17.1 Å². The van der Waals surface area contributed by atoms with Crippen molar-refractivity contribution < 1.29 is 8.42 Å². The van der Waals surface area contributed by atoms with Crippen molar-refractivity contribution in [1.29, 1.82) is 5.26 Å². The standard InChI is InChI=1S/C14H13N3O2S/c1-11-4-2-3-5-12(11)9-17-20(18,19)14-7-6-13(8-15)16-10-14/h2-7,10,17H,9H2,1H3. The van der Waals surface area contributed by atoms with Crippen LogP contribution in [0.3, 0.4) is 0 Å². The number of rotatable bonds is 4. The third kappa shape index (κ3) is 3.20. The number of pyridine rings is 1. The highest BCUT2D eigenvalue weighted by Gasteiger charge is 2.14. The first kappa shape index (κ1) is 14.2. The van der Waals surface area contributed by atoms with E-state index in [0.29, 0.717) is 0 Å². The number of aryl methyl sites for hydroxylation is 1. The maximum atomic E-state index is 12.1. The fourth-order valence-electron chi connectivity index (χ4n) is 1.67. The number of benzene rings is 1. The van der Waals surface area contributed by atoms with E-state index in [1.165, 1.54) is 18.3 Å².